The fourth-order valence-corrected chi connectivity index (χ4v) is 3.18. The molecule has 0 amide bonds. The first-order valence-corrected chi connectivity index (χ1v) is 7.14. The lowest BCUT2D eigenvalue weighted by Gasteiger charge is -2.07. The zero-order valence-corrected chi connectivity index (χ0v) is 11.9. The zero-order chi connectivity index (χ0) is 12.4. The highest BCUT2D eigenvalue weighted by Gasteiger charge is 2.03. The van der Waals surface area contributed by atoms with E-state index in [9.17, 15) is 0 Å². The van der Waals surface area contributed by atoms with Gasteiger partial charge in [-0.25, -0.2) is 0 Å². The monoisotopic (exact) mass is 319 g/mol. The first-order valence-electron chi connectivity index (χ1n) is 5.54. The van der Waals surface area contributed by atoms with Gasteiger partial charge in [-0.15, -0.1) is 11.3 Å². The van der Waals surface area contributed by atoms with E-state index in [0.29, 0.717) is 6.61 Å². The summed E-state index contributed by atoms with van der Waals surface area (Å²) in [7, 11) is 0. The standard InChI is InChI=1S/C14H10BrNOS/c15-14-7-6-10(18-14)9-17-13-5-1-4-12-11(13)3-2-8-16-12/h1-8H,9H2. The minimum Gasteiger partial charge on any atom is -0.487 e. The van der Waals surface area contributed by atoms with Crippen molar-refractivity contribution < 1.29 is 4.74 Å². The summed E-state index contributed by atoms with van der Waals surface area (Å²) in [4.78, 5) is 5.51. The molecular weight excluding hydrogens is 310 g/mol. The van der Waals surface area contributed by atoms with Crippen LogP contribution in [0.25, 0.3) is 10.9 Å². The summed E-state index contributed by atoms with van der Waals surface area (Å²) >= 11 is 5.14. The number of pyridine rings is 1. The van der Waals surface area contributed by atoms with Crippen LogP contribution in [0.5, 0.6) is 5.75 Å². The molecule has 0 N–H and O–H groups in total. The maximum absolute atomic E-state index is 5.87. The molecule has 0 fully saturated rings. The fourth-order valence-electron chi connectivity index (χ4n) is 1.78. The highest BCUT2D eigenvalue weighted by atomic mass is 79.9. The van der Waals surface area contributed by atoms with Gasteiger partial charge in [0.05, 0.1) is 9.30 Å². The predicted octanol–water partition coefficient (Wildman–Crippen LogP) is 4.64. The number of halogens is 1. The quantitative estimate of drug-likeness (QED) is 0.701. The Morgan fingerprint density at radius 3 is 2.89 bits per heavy atom. The van der Waals surface area contributed by atoms with E-state index in [2.05, 4.69) is 27.0 Å². The van der Waals surface area contributed by atoms with Crippen molar-refractivity contribution in [2.45, 2.75) is 6.61 Å². The number of hydrogen-bond donors (Lipinski definition) is 0. The van der Waals surface area contributed by atoms with Crippen LogP contribution in [0.15, 0.2) is 52.4 Å². The molecule has 0 radical (unpaired) electrons. The van der Waals surface area contributed by atoms with Gasteiger partial charge in [0, 0.05) is 16.5 Å². The second-order valence-electron chi connectivity index (χ2n) is 3.82. The predicted molar refractivity (Wildman–Crippen MR) is 78.1 cm³/mol. The number of hydrogen-bond acceptors (Lipinski definition) is 3. The summed E-state index contributed by atoms with van der Waals surface area (Å²) in [5, 5.41) is 1.05. The Morgan fingerprint density at radius 1 is 1.11 bits per heavy atom. The summed E-state index contributed by atoms with van der Waals surface area (Å²) in [5.74, 6) is 0.880. The molecule has 90 valence electrons. The lowest BCUT2D eigenvalue weighted by molar-refractivity contribution is 0.313. The molecule has 3 rings (SSSR count). The maximum Gasteiger partial charge on any atom is 0.129 e. The SMILES string of the molecule is Brc1ccc(COc2cccc3ncccc23)s1. The van der Waals surface area contributed by atoms with Crippen molar-refractivity contribution in [1.29, 1.82) is 0 Å². The number of nitrogens with zero attached hydrogens (tertiary/aromatic N) is 1. The zero-order valence-electron chi connectivity index (χ0n) is 9.47. The minimum absolute atomic E-state index is 0.588. The van der Waals surface area contributed by atoms with Crippen LogP contribution in [-0.4, -0.2) is 4.98 Å². The molecule has 2 aromatic heterocycles. The van der Waals surface area contributed by atoms with Crippen LogP contribution in [0.1, 0.15) is 4.88 Å². The van der Waals surface area contributed by atoms with Gasteiger partial charge in [0.25, 0.3) is 0 Å². The number of ether oxygens (including phenoxy) is 1. The summed E-state index contributed by atoms with van der Waals surface area (Å²) in [6, 6.07) is 14.0. The van der Waals surface area contributed by atoms with E-state index in [1.54, 1.807) is 17.5 Å². The molecule has 0 aliphatic carbocycles. The van der Waals surface area contributed by atoms with Gasteiger partial charge in [-0.05, 0) is 52.3 Å². The molecule has 0 aliphatic heterocycles. The highest BCUT2D eigenvalue weighted by molar-refractivity contribution is 9.11. The molecular formula is C14H10BrNOS. The van der Waals surface area contributed by atoms with Gasteiger partial charge in [0.1, 0.15) is 12.4 Å². The molecule has 2 nitrogen and oxygen atoms in total. The molecule has 3 aromatic rings. The lowest BCUT2D eigenvalue weighted by Crippen LogP contribution is -1.93. The molecule has 4 heteroatoms. The van der Waals surface area contributed by atoms with E-state index in [0.717, 1.165) is 20.4 Å². The molecule has 2 heterocycles. The van der Waals surface area contributed by atoms with Crippen molar-refractivity contribution in [1.82, 2.24) is 4.98 Å². The third-order valence-corrected chi connectivity index (χ3v) is 4.20. The Hall–Kier alpha value is -1.39. The van der Waals surface area contributed by atoms with E-state index >= 15 is 0 Å². The van der Waals surface area contributed by atoms with Crippen molar-refractivity contribution in [3.8, 4) is 5.75 Å². The molecule has 0 unspecified atom stereocenters. The molecule has 0 saturated carbocycles. The average molecular weight is 320 g/mol. The summed E-state index contributed by atoms with van der Waals surface area (Å²) in [6.07, 6.45) is 1.79. The number of benzene rings is 1. The highest BCUT2D eigenvalue weighted by Crippen LogP contribution is 2.27. The van der Waals surface area contributed by atoms with Crippen molar-refractivity contribution in [2.24, 2.45) is 0 Å². The molecule has 1 aromatic carbocycles. The van der Waals surface area contributed by atoms with Crippen molar-refractivity contribution >= 4 is 38.2 Å². The Balaban J connectivity index is 1.86. The van der Waals surface area contributed by atoms with Gasteiger partial charge in [-0.3, -0.25) is 4.98 Å². The van der Waals surface area contributed by atoms with Crippen LogP contribution in [0, 0.1) is 0 Å². The first kappa shape index (κ1) is 11.7. The fraction of sp³-hybridized carbons (Fsp3) is 0.0714. The van der Waals surface area contributed by atoms with Crippen LogP contribution < -0.4 is 4.74 Å². The third kappa shape index (κ3) is 2.40. The van der Waals surface area contributed by atoms with Crippen LogP contribution in [0.3, 0.4) is 0 Å². The molecule has 0 bridgehead atoms. The van der Waals surface area contributed by atoms with Gasteiger partial charge in [-0.2, -0.15) is 0 Å². The van der Waals surface area contributed by atoms with E-state index in [4.69, 9.17) is 4.74 Å². The Morgan fingerprint density at radius 2 is 2.06 bits per heavy atom. The maximum atomic E-state index is 5.87. The lowest BCUT2D eigenvalue weighted by atomic mass is 10.2. The molecule has 18 heavy (non-hydrogen) atoms. The van der Waals surface area contributed by atoms with E-state index < -0.39 is 0 Å². The summed E-state index contributed by atoms with van der Waals surface area (Å²) < 4.78 is 6.99. The molecule has 0 atom stereocenters. The minimum atomic E-state index is 0.588. The van der Waals surface area contributed by atoms with Crippen molar-refractivity contribution in [3.05, 3.63) is 57.3 Å². The van der Waals surface area contributed by atoms with Crippen LogP contribution in [-0.2, 0) is 6.61 Å². The largest absolute Gasteiger partial charge is 0.487 e. The second-order valence-corrected chi connectivity index (χ2v) is 6.37. The number of thiophene rings is 1. The first-order chi connectivity index (χ1) is 8.83. The van der Waals surface area contributed by atoms with Gasteiger partial charge in [-0.1, -0.05) is 6.07 Å². The second kappa shape index (κ2) is 5.08. The number of fused-ring (bicyclic) bond motifs is 1. The number of rotatable bonds is 3. The Kier molecular flexibility index (Phi) is 3.30. The van der Waals surface area contributed by atoms with Gasteiger partial charge < -0.3 is 4.74 Å². The Bertz CT molecular complexity index is 675. The summed E-state index contributed by atoms with van der Waals surface area (Å²) in [6.45, 7) is 0.588. The van der Waals surface area contributed by atoms with Crippen LogP contribution >= 0.6 is 27.3 Å². The average Bonchev–Trinajstić information content (AvgIpc) is 2.82. The van der Waals surface area contributed by atoms with E-state index in [-0.39, 0.29) is 0 Å². The van der Waals surface area contributed by atoms with Gasteiger partial charge in [0.2, 0.25) is 0 Å². The van der Waals surface area contributed by atoms with E-state index in [1.165, 1.54) is 4.88 Å². The smallest absolute Gasteiger partial charge is 0.129 e. The topological polar surface area (TPSA) is 22.1 Å². The number of aromatic nitrogens is 1. The van der Waals surface area contributed by atoms with Crippen LogP contribution in [0.2, 0.25) is 0 Å². The Labute approximate surface area is 117 Å². The summed E-state index contributed by atoms with van der Waals surface area (Å²) in [5.41, 5.74) is 0.961. The molecule has 0 spiro atoms. The molecule has 0 saturated heterocycles. The molecule has 0 aliphatic rings. The third-order valence-electron chi connectivity index (χ3n) is 2.60. The van der Waals surface area contributed by atoms with Crippen molar-refractivity contribution in [2.75, 3.05) is 0 Å². The van der Waals surface area contributed by atoms with Gasteiger partial charge >= 0.3 is 0 Å². The van der Waals surface area contributed by atoms with Crippen LogP contribution in [0.4, 0.5) is 0 Å². The van der Waals surface area contributed by atoms with Crippen molar-refractivity contribution in [3.63, 3.8) is 0 Å². The normalized spacial score (nSPS) is 10.7. The van der Waals surface area contributed by atoms with E-state index in [1.807, 2.05) is 36.4 Å². The van der Waals surface area contributed by atoms with Gasteiger partial charge in [0.15, 0.2) is 0 Å².